The number of rotatable bonds is 7. The van der Waals surface area contributed by atoms with Crippen LogP contribution in [0, 0.1) is 18.7 Å². The van der Waals surface area contributed by atoms with Gasteiger partial charge in [-0.3, -0.25) is 9.20 Å². The highest BCUT2D eigenvalue weighted by molar-refractivity contribution is 6.31. The Hall–Kier alpha value is -2.87. The first kappa shape index (κ1) is 23.8. The third-order valence-electron chi connectivity index (χ3n) is 5.09. The Kier molecular flexibility index (Phi) is 6.93. The number of benzene rings is 1. The highest BCUT2D eigenvalue weighted by Crippen LogP contribution is 2.39. The predicted molar refractivity (Wildman–Crippen MR) is 124 cm³/mol. The summed E-state index contributed by atoms with van der Waals surface area (Å²) in [5, 5.41) is 2.61. The van der Waals surface area contributed by atoms with Crippen molar-refractivity contribution in [3.8, 4) is 5.75 Å². The lowest BCUT2D eigenvalue weighted by atomic mass is 9.95. The first-order valence-corrected chi connectivity index (χ1v) is 11.0. The number of imidazole rings is 1. The Bertz CT molecular complexity index is 1160. The average molecular weight is 462 g/mol. The van der Waals surface area contributed by atoms with Gasteiger partial charge >= 0.3 is 0 Å². The first-order valence-electron chi connectivity index (χ1n) is 10.6. The zero-order valence-corrected chi connectivity index (χ0v) is 19.9. The summed E-state index contributed by atoms with van der Waals surface area (Å²) in [4.78, 5) is 21.8. The lowest BCUT2D eigenvalue weighted by molar-refractivity contribution is 0.0938. The molecule has 0 aliphatic rings. The van der Waals surface area contributed by atoms with E-state index >= 15 is 4.39 Å². The van der Waals surface area contributed by atoms with Crippen LogP contribution in [0.3, 0.4) is 0 Å². The predicted octanol–water partition coefficient (Wildman–Crippen LogP) is 4.74. The second kappa shape index (κ2) is 9.32. The lowest BCUT2D eigenvalue weighted by Gasteiger charge is -2.22. The van der Waals surface area contributed by atoms with Crippen molar-refractivity contribution in [2.75, 3.05) is 12.3 Å². The molecule has 0 aliphatic heterocycles. The molecule has 0 saturated carbocycles. The molecule has 1 aromatic carbocycles. The van der Waals surface area contributed by atoms with E-state index < -0.39 is 11.7 Å². The smallest absolute Gasteiger partial charge is 0.258 e. The van der Waals surface area contributed by atoms with E-state index in [-0.39, 0.29) is 34.3 Å². The molecule has 0 radical (unpaired) electrons. The summed E-state index contributed by atoms with van der Waals surface area (Å²) in [6, 6.07) is 1.50. The van der Waals surface area contributed by atoms with Gasteiger partial charge in [0.1, 0.15) is 28.5 Å². The van der Waals surface area contributed by atoms with Gasteiger partial charge in [-0.2, -0.15) is 0 Å². The highest BCUT2D eigenvalue weighted by Gasteiger charge is 2.30. The minimum Gasteiger partial charge on any atom is -0.490 e. The van der Waals surface area contributed by atoms with Crippen LogP contribution in [-0.4, -0.2) is 32.9 Å². The van der Waals surface area contributed by atoms with Gasteiger partial charge in [-0.1, -0.05) is 32.4 Å². The van der Waals surface area contributed by atoms with Crippen molar-refractivity contribution in [1.29, 1.82) is 0 Å². The van der Waals surface area contributed by atoms with Gasteiger partial charge in [0, 0.05) is 30.4 Å². The fourth-order valence-electron chi connectivity index (χ4n) is 3.61. The molecule has 1 unspecified atom stereocenters. The number of carbonyl (C=O) groups is 1. The molecule has 0 saturated heterocycles. The summed E-state index contributed by atoms with van der Waals surface area (Å²) in [5.41, 5.74) is 7.82. The topological polar surface area (TPSA) is 94.5 Å². The number of aromatic nitrogens is 3. The molecular weight excluding hydrogens is 433 g/mol. The second-order valence-electron chi connectivity index (χ2n) is 8.54. The van der Waals surface area contributed by atoms with E-state index in [4.69, 9.17) is 22.1 Å². The van der Waals surface area contributed by atoms with Crippen LogP contribution < -0.4 is 15.8 Å². The molecule has 7 nitrogen and oxygen atoms in total. The van der Waals surface area contributed by atoms with E-state index in [2.05, 4.69) is 15.3 Å². The summed E-state index contributed by atoms with van der Waals surface area (Å²) < 4.78 is 23.0. The first-order chi connectivity index (χ1) is 15.0. The van der Waals surface area contributed by atoms with Crippen molar-refractivity contribution < 1.29 is 13.9 Å². The van der Waals surface area contributed by atoms with Gasteiger partial charge in [0.25, 0.3) is 5.91 Å². The molecule has 3 N–H and O–H groups in total. The van der Waals surface area contributed by atoms with E-state index in [1.165, 1.54) is 6.07 Å². The second-order valence-corrected chi connectivity index (χ2v) is 8.95. The van der Waals surface area contributed by atoms with Crippen LogP contribution in [0.4, 0.5) is 10.2 Å². The summed E-state index contributed by atoms with van der Waals surface area (Å²) >= 11 is 6.25. The molecule has 0 bridgehead atoms. The number of nitrogen functional groups attached to an aromatic ring is 1. The van der Waals surface area contributed by atoms with Crippen LogP contribution in [0.5, 0.6) is 5.75 Å². The van der Waals surface area contributed by atoms with E-state index in [1.54, 1.807) is 12.4 Å². The number of hydrogen-bond acceptors (Lipinski definition) is 5. The number of fused-ring (bicyclic) bond motifs is 1. The maximum Gasteiger partial charge on any atom is 0.258 e. The molecule has 0 spiro atoms. The maximum absolute atomic E-state index is 15.1. The number of nitrogens with two attached hydrogens (primary N) is 1. The number of amides is 1. The molecule has 3 rings (SSSR count). The minimum atomic E-state index is -0.808. The van der Waals surface area contributed by atoms with Crippen LogP contribution >= 0.6 is 11.6 Å². The SMILES string of the molecule is Cc1nc(C(C)c2cc(Cl)c(F)c(C(=O)NCC(C)C)c2OC(C)C)n2ccnc(N)c12. The Balaban J connectivity index is 2.22. The highest BCUT2D eigenvalue weighted by atomic mass is 35.5. The summed E-state index contributed by atoms with van der Waals surface area (Å²) in [7, 11) is 0. The fourth-order valence-corrected chi connectivity index (χ4v) is 3.83. The van der Waals surface area contributed by atoms with E-state index in [1.807, 2.05) is 45.9 Å². The third-order valence-corrected chi connectivity index (χ3v) is 5.37. The van der Waals surface area contributed by atoms with E-state index in [9.17, 15) is 4.79 Å². The molecule has 1 atom stereocenters. The lowest BCUT2D eigenvalue weighted by Crippen LogP contribution is -2.29. The molecule has 2 heterocycles. The molecule has 9 heteroatoms. The standard InChI is InChI=1S/C23H29ClFN5O2/c1-11(2)10-28-23(31)17-18(25)16(24)9-15(20(17)32-12(3)4)13(5)22-29-14(6)19-21(26)27-7-8-30(19)22/h7-9,11-13H,10H2,1-6H3,(H2,26,27)(H,28,31). The number of nitrogens with zero attached hydrogens (tertiary/aromatic N) is 3. The zero-order chi connectivity index (χ0) is 23.7. The van der Waals surface area contributed by atoms with Gasteiger partial charge in [0.05, 0.1) is 16.8 Å². The third kappa shape index (κ3) is 4.50. The van der Waals surface area contributed by atoms with Crippen molar-refractivity contribution in [1.82, 2.24) is 19.7 Å². The summed E-state index contributed by atoms with van der Waals surface area (Å²) in [6.45, 7) is 11.7. The summed E-state index contributed by atoms with van der Waals surface area (Å²) in [6.07, 6.45) is 3.06. The number of ether oxygens (including phenoxy) is 1. The van der Waals surface area contributed by atoms with Crippen molar-refractivity contribution in [2.24, 2.45) is 5.92 Å². The largest absolute Gasteiger partial charge is 0.490 e. The van der Waals surface area contributed by atoms with Crippen molar-refractivity contribution in [2.45, 2.75) is 53.6 Å². The Morgan fingerprint density at radius 3 is 2.62 bits per heavy atom. The minimum absolute atomic E-state index is 0.156. The van der Waals surface area contributed by atoms with Crippen LogP contribution in [0.2, 0.25) is 5.02 Å². The zero-order valence-electron chi connectivity index (χ0n) is 19.2. The molecule has 32 heavy (non-hydrogen) atoms. The fraction of sp³-hybridized carbons (Fsp3) is 0.435. The van der Waals surface area contributed by atoms with Gasteiger partial charge in [0.15, 0.2) is 5.82 Å². The number of aryl methyl sites for hydroxylation is 1. The quantitative estimate of drug-likeness (QED) is 0.530. The number of carbonyl (C=O) groups excluding carboxylic acids is 1. The van der Waals surface area contributed by atoms with Crippen molar-refractivity contribution >= 4 is 28.8 Å². The van der Waals surface area contributed by atoms with E-state index in [0.29, 0.717) is 35.0 Å². The molecular formula is C23H29ClFN5O2. The Labute approximate surface area is 192 Å². The summed E-state index contributed by atoms with van der Waals surface area (Å²) in [5.74, 6) is -0.393. The van der Waals surface area contributed by atoms with E-state index in [0.717, 1.165) is 0 Å². The van der Waals surface area contributed by atoms with Gasteiger partial charge in [0.2, 0.25) is 0 Å². The molecule has 3 aromatic rings. The molecule has 172 valence electrons. The number of halogens is 2. The van der Waals surface area contributed by atoms with Crippen LogP contribution in [-0.2, 0) is 0 Å². The monoisotopic (exact) mass is 461 g/mol. The van der Waals surface area contributed by atoms with Crippen LogP contribution in [0.15, 0.2) is 18.5 Å². The normalized spacial score (nSPS) is 12.6. The number of nitrogens with one attached hydrogen (secondary N) is 1. The Morgan fingerprint density at radius 1 is 1.31 bits per heavy atom. The average Bonchev–Trinajstić information content (AvgIpc) is 3.06. The van der Waals surface area contributed by atoms with Gasteiger partial charge < -0.3 is 15.8 Å². The molecule has 1 amide bonds. The van der Waals surface area contributed by atoms with Crippen LogP contribution in [0.1, 0.15) is 68.0 Å². The molecule has 0 aliphatic carbocycles. The maximum atomic E-state index is 15.1. The molecule has 2 aromatic heterocycles. The van der Waals surface area contributed by atoms with Gasteiger partial charge in [-0.05, 0) is 32.8 Å². The number of hydrogen-bond donors (Lipinski definition) is 2. The Morgan fingerprint density at radius 2 is 2.00 bits per heavy atom. The van der Waals surface area contributed by atoms with Crippen molar-refractivity contribution in [3.63, 3.8) is 0 Å². The molecule has 0 fully saturated rings. The van der Waals surface area contributed by atoms with Crippen LogP contribution in [0.25, 0.3) is 5.52 Å². The van der Waals surface area contributed by atoms with Gasteiger partial charge in [-0.15, -0.1) is 0 Å². The van der Waals surface area contributed by atoms with Gasteiger partial charge in [-0.25, -0.2) is 14.4 Å². The number of anilines is 1. The van der Waals surface area contributed by atoms with Crippen molar-refractivity contribution in [3.05, 3.63) is 51.9 Å².